The third-order valence-corrected chi connectivity index (χ3v) is 7.89. The zero-order chi connectivity index (χ0) is 21.9. The van der Waals surface area contributed by atoms with Gasteiger partial charge in [0, 0.05) is 37.1 Å². The first kappa shape index (κ1) is 22.8. The number of nitrogens with zero attached hydrogens (tertiary/aromatic N) is 2. The van der Waals surface area contributed by atoms with Crippen molar-refractivity contribution in [3.8, 4) is 5.75 Å². The predicted octanol–water partition coefficient (Wildman–Crippen LogP) is 2.02. The fourth-order valence-corrected chi connectivity index (χ4v) is 5.68. The molecule has 166 valence electrons. The fourth-order valence-electron chi connectivity index (χ4n) is 3.97. The first-order valence-corrected chi connectivity index (χ1v) is 12.2. The van der Waals surface area contributed by atoms with E-state index in [9.17, 15) is 18.0 Å². The average molecular weight is 458 g/mol. The topological polar surface area (TPSA) is 96.0 Å². The maximum Gasteiger partial charge on any atom is 0.227 e. The lowest BCUT2D eigenvalue weighted by molar-refractivity contribution is -0.127. The molecule has 2 aliphatic heterocycles. The fraction of sp³-hybridized carbons (Fsp3) is 0.600. The van der Waals surface area contributed by atoms with Crippen LogP contribution >= 0.6 is 11.6 Å². The van der Waals surface area contributed by atoms with Gasteiger partial charge in [0.1, 0.15) is 5.75 Å². The smallest absolute Gasteiger partial charge is 0.227 e. The lowest BCUT2D eigenvalue weighted by Crippen LogP contribution is -2.48. The number of piperidine rings is 1. The van der Waals surface area contributed by atoms with Gasteiger partial charge < -0.3 is 15.0 Å². The van der Waals surface area contributed by atoms with E-state index in [1.54, 1.807) is 18.2 Å². The molecule has 1 unspecified atom stereocenters. The highest BCUT2D eigenvalue weighted by molar-refractivity contribution is 7.89. The molecule has 10 heteroatoms. The molecule has 8 nitrogen and oxygen atoms in total. The highest BCUT2D eigenvalue weighted by atomic mass is 35.5. The Labute approximate surface area is 182 Å². The van der Waals surface area contributed by atoms with Gasteiger partial charge in [-0.25, -0.2) is 12.7 Å². The largest absolute Gasteiger partial charge is 0.495 e. The van der Waals surface area contributed by atoms with E-state index in [4.69, 9.17) is 16.3 Å². The molecule has 30 heavy (non-hydrogen) atoms. The van der Waals surface area contributed by atoms with Crippen molar-refractivity contribution in [1.29, 1.82) is 0 Å². The zero-order valence-corrected chi connectivity index (χ0v) is 18.8. The molecule has 2 amide bonds. The number of methoxy groups -OCH3 is 1. The zero-order valence-electron chi connectivity index (χ0n) is 17.3. The van der Waals surface area contributed by atoms with E-state index in [0.717, 1.165) is 0 Å². The van der Waals surface area contributed by atoms with Crippen LogP contribution in [0.15, 0.2) is 18.2 Å². The quantitative estimate of drug-likeness (QED) is 0.675. The first-order valence-electron chi connectivity index (χ1n) is 10.2. The molecular weight excluding hydrogens is 430 g/mol. The maximum absolute atomic E-state index is 12.8. The number of hydrogen-bond acceptors (Lipinski definition) is 5. The van der Waals surface area contributed by atoms with E-state index < -0.39 is 15.9 Å². The van der Waals surface area contributed by atoms with Gasteiger partial charge in [-0.3, -0.25) is 9.59 Å². The second-order valence-electron chi connectivity index (χ2n) is 7.72. The number of carbonyl (C=O) groups is 2. The minimum absolute atomic E-state index is 0.0876. The van der Waals surface area contributed by atoms with Gasteiger partial charge in [0.05, 0.1) is 24.5 Å². The highest BCUT2D eigenvalue weighted by Gasteiger charge is 2.37. The van der Waals surface area contributed by atoms with Crippen LogP contribution in [0, 0.1) is 5.92 Å². The van der Waals surface area contributed by atoms with Gasteiger partial charge in [-0.1, -0.05) is 18.5 Å². The number of halogens is 1. The number of amides is 2. The third-order valence-electron chi connectivity index (χ3n) is 5.58. The van der Waals surface area contributed by atoms with Crippen molar-refractivity contribution in [2.24, 2.45) is 5.92 Å². The minimum atomic E-state index is -3.21. The van der Waals surface area contributed by atoms with Crippen molar-refractivity contribution < 1.29 is 22.7 Å². The van der Waals surface area contributed by atoms with E-state index >= 15 is 0 Å². The summed E-state index contributed by atoms with van der Waals surface area (Å²) in [4.78, 5) is 26.8. The molecule has 0 aliphatic carbocycles. The normalized spacial score (nSPS) is 21.1. The van der Waals surface area contributed by atoms with Crippen LogP contribution in [0.2, 0.25) is 5.02 Å². The summed E-state index contributed by atoms with van der Waals surface area (Å²) >= 11 is 6.07. The maximum atomic E-state index is 12.8. The van der Waals surface area contributed by atoms with Crippen LogP contribution in [-0.2, 0) is 19.6 Å². The molecule has 2 heterocycles. The summed E-state index contributed by atoms with van der Waals surface area (Å²) < 4.78 is 31.2. The first-order chi connectivity index (χ1) is 14.2. The lowest BCUT2D eigenvalue weighted by atomic mass is 10.0. The average Bonchev–Trinajstić information content (AvgIpc) is 3.10. The number of benzene rings is 1. The number of ether oxygens (including phenoxy) is 1. The van der Waals surface area contributed by atoms with Crippen molar-refractivity contribution in [2.75, 3.05) is 37.4 Å². The second kappa shape index (κ2) is 9.53. The van der Waals surface area contributed by atoms with Crippen LogP contribution in [0.3, 0.4) is 0 Å². The van der Waals surface area contributed by atoms with Gasteiger partial charge in [0.25, 0.3) is 0 Å². The van der Waals surface area contributed by atoms with Crippen molar-refractivity contribution >= 4 is 39.1 Å². The van der Waals surface area contributed by atoms with Crippen molar-refractivity contribution in [3.63, 3.8) is 0 Å². The van der Waals surface area contributed by atoms with E-state index in [1.165, 1.54) is 16.3 Å². The summed E-state index contributed by atoms with van der Waals surface area (Å²) in [6, 6.07) is 4.95. The Bertz CT molecular complexity index is 900. The Hall–Kier alpha value is -1.84. The summed E-state index contributed by atoms with van der Waals surface area (Å²) in [5, 5.41) is 3.48. The number of sulfonamides is 1. The van der Waals surface area contributed by atoms with Crippen molar-refractivity contribution in [3.05, 3.63) is 23.2 Å². The number of rotatable bonds is 7. The summed E-state index contributed by atoms with van der Waals surface area (Å²) in [6.07, 6.45) is 1.84. The number of hydrogen-bond donors (Lipinski definition) is 1. The molecular formula is C20H28ClN3O5S. The van der Waals surface area contributed by atoms with Crippen LogP contribution in [0.5, 0.6) is 5.75 Å². The Kier molecular flexibility index (Phi) is 7.26. The molecule has 0 spiro atoms. The molecule has 1 aromatic rings. The molecule has 3 rings (SSSR count). The molecule has 1 N–H and O–H groups in total. The highest BCUT2D eigenvalue weighted by Crippen LogP contribution is 2.35. The van der Waals surface area contributed by atoms with Crippen LogP contribution in [0.1, 0.15) is 32.6 Å². The van der Waals surface area contributed by atoms with Crippen LogP contribution < -0.4 is 15.0 Å². The van der Waals surface area contributed by atoms with Crippen molar-refractivity contribution in [1.82, 2.24) is 9.62 Å². The third kappa shape index (κ3) is 5.07. The molecule has 1 aromatic carbocycles. The minimum Gasteiger partial charge on any atom is -0.495 e. The second-order valence-corrected chi connectivity index (χ2v) is 10.2. The Morgan fingerprint density at radius 1 is 1.30 bits per heavy atom. The van der Waals surface area contributed by atoms with Gasteiger partial charge in [-0.05, 0) is 37.5 Å². The van der Waals surface area contributed by atoms with E-state index in [-0.39, 0.29) is 36.6 Å². The monoisotopic (exact) mass is 457 g/mol. The Balaban J connectivity index is 1.58. The van der Waals surface area contributed by atoms with Crippen molar-refractivity contribution in [2.45, 2.75) is 38.6 Å². The summed E-state index contributed by atoms with van der Waals surface area (Å²) in [7, 11) is -1.69. The van der Waals surface area contributed by atoms with Gasteiger partial charge in [-0.2, -0.15) is 0 Å². The number of anilines is 1. The molecule has 2 aliphatic rings. The predicted molar refractivity (Wildman–Crippen MR) is 115 cm³/mol. The Morgan fingerprint density at radius 2 is 2.00 bits per heavy atom. The van der Waals surface area contributed by atoms with E-state index in [0.29, 0.717) is 48.8 Å². The number of nitrogens with one attached hydrogen (secondary N) is 1. The van der Waals surface area contributed by atoms with Gasteiger partial charge >= 0.3 is 0 Å². The molecule has 2 saturated heterocycles. The van der Waals surface area contributed by atoms with E-state index in [1.807, 2.05) is 6.92 Å². The van der Waals surface area contributed by atoms with Crippen LogP contribution in [-0.4, -0.2) is 63.1 Å². The summed E-state index contributed by atoms with van der Waals surface area (Å²) in [6.45, 7) is 2.91. The summed E-state index contributed by atoms with van der Waals surface area (Å²) in [5.41, 5.74) is 0.555. The standard InChI is InChI=1S/C20H28ClN3O5S/c1-3-10-30(27,28)23-8-6-16(7-9-23)22-20(26)14-11-19(25)24(13-14)17-12-15(21)4-5-18(17)29-2/h4-5,12,14,16H,3,6-11,13H2,1-2H3,(H,22,26). The molecule has 0 radical (unpaired) electrons. The van der Waals surface area contributed by atoms with Crippen LogP contribution in [0.25, 0.3) is 0 Å². The molecule has 0 aromatic heterocycles. The van der Waals surface area contributed by atoms with Gasteiger partial charge in [0.2, 0.25) is 21.8 Å². The lowest BCUT2D eigenvalue weighted by Gasteiger charge is -2.32. The summed E-state index contributed by atoms with van der Waals surface area (Å²) in [5.74, 6) is -0.132. The molecule has 0 saturated carbocycles. The molecule has 2 fully saturated rings. The molecule has 0 bridgehead atoms. The van der Waals surface area contributed by atoms with Crippen LogP contribution in [0.4, 0.5) is 5.69 Å². The molecule has 1 atom stereocenters. The van der Waals surface area contributed by atoms with Gasteiger partial charge in [-0.15, -0.1) is 0 Å². The SMILES string of the molecule is CCCS(=O)(=O)N1CCC(NC(=O)C2CC(=O)N(c3cc(Cl)ccc3OC)C2)CC1. The Morgan fingerprint density at radius 3 is 2.63 bits per heavy atom. The van der Waals surface area contributed by atoms with Gasteiger partial charge in [0.15, 0.2) is 0 Å². The van der Waals surface area contributed by atoms with E-state index in [2.05, 4.69) is 5.32 Å². The number of carbonyl (C=O) groups excluding carboxylic acids is 2.